The van der Waals surface area contributed by atoms with Gasteiger partial charge in [-0.25, -0.2) is 4.85 Å². The molecule has 382 valence electrons. The van der Waals surface area contributed by atoms with E-state index in [2.05, 4.69) is 295 Å². The molecule has 6 nitrogen and oxygen atoms in total. The number of rotatable bonds is 6. The number of fused-ring (bicyclic) bond motifs is 15. The van der Waals surface area contributed by atoms with Gasteiger partial charge in [-0.15, -0.1) is 0 Å². The molecular weight excluding hydrogens is 985 g/mol. The third-order valence-corrected chi connectivity index (χ3v) is 18.6. The Hall–Kier alpha value is -10.4. The maximum Gasteiger partial charge on any atom is 0.230 e. The maximum absolute atomic E-state index is 12.4. The third kappa shape index (κ3) is 5.83. The maximum atomic E-state index is 12.4. The van der Waals surface area contributed by atoms with Crippen LogP contribution >= 0.6 is 0 Å². The smallest absolute Gasteiger partial charge is 0.230 e. The van der Waals surface area contributed by atoms with Gasteiger partial charge in [0, 0.05) is 70.7 Å². The summed E-state index contributed by atoms with van der Waals surface area (Å²) in [7, 11) is 0. The van der Waals surface area contributed by atoms with Crippen LogP contribution in [0.25, 0.3) is 115 Å². The van der Waals surface area contributed by atoms with Crippen LogP contribution in [0.2, 0.25) is 0 Å². The summed E-state index contributed by atoms with van der Waals surface area (Å²) >= 11 is 0. The van der Waals surface area contributed by atoms with Crippen molar-refractivity contribution in [1.82, 2.24) is 18.3 Å². The molecule has 0 aliphatic heterocycles. The van der Waals surface area contributed by atoms with Crippen LogP contribution in [0.15, 0.2) is 243 Å². The molecule has 0 unspecified atom stereocenters. The Morgan fingerprint density at radius 2 is 0.642 bits per heavy atom. The average Bonchev–Trinajstić information content (AvgIpc) is 4.40. The van der Waals surface area contributed by atoms with Crippen LogP contribution in [-0.2, 0) is 16.2 Å². The van der Waals surface area contributed by atoms with Crippen LogP contribution in [0.4, 0.5) is 5.69 Å². The van der Waals surface area contributed by atoms with Gasteiger partial charge in [0.05, 0.1) is 73.7 Å². The first kappa shape index (κ1) is 46.7. The minimum Gasteiger partial charge on any atom is -0.319 e. The van der Waals surface area contributed by atoms with Gasteiger partial charge in [0.15, 0.2) is 0 Å². The van der Waals surface area contributed by atoms with E-state index >= 15 is 0 Å². The Labute approximate surface area is 468 Å². The van der Waals surface area contributed by atoms with Crippen LogP contribution in [0.3, 0.4) is 0 Å². The molecule has 0 amide bonds. The van der Waals surface area contributed by atoms with E-state index in [1.165, 1.54) is 0 Å². The molecule has 0 radical (unpaired) electrons. The van der Waals surface area contributed by atoms with Crippen LogP contribution in [-0.4, -0.2) is 18.3 Å². The molecule has 0 bridgehead atoms. The predicted molar refractivity (Wildman–Crippen MR) is 334 cm³/mol. The first-order valence-electron chi connectivity index (χ1n) is 27.9. The Bertz CT molecular complexity index is 4900. The molecule has 1 aliphatic rings. The molecule has 0 atom stereocenters. The van der Waals surface area contributed by atoms with Crippen molar-refractivity contribution in [3.05, 3.63) is 282 Å². The summed E-state index contributed by atoms with van der Waals surface area (Å²) < 4.78 is 9.48. The average molecular weight is 1040 g/mol. The highest BCUT2D eigenvalue weighted by molar-refractivity contribution is 6.30. The molecule has 0 N–H and O–H groups in total. The Morgan fingerprint density at radius 1 is 0.346 bits per heavy atom. The quantitative estimate of drug-likeness (QED) is 0.153. The lowest BCUT2D eigenvalue weighted by atomic mass is 9.50. The number of para-hydroxylation sites is 6. The molecule has 4 heterocycles. The second-order valence-electron chi connectivity index (χ2n) is 22.9. The summed E-state index contributed by atoms with van der Waals surface area (Å²) in [5.41, 5.74) is 14.8. The highest BCUT2D eigenvalue weighted by Gasteiger charge is 2.66. The fraction of sp³-hybridized carbons (Fsp3) is 0.0933. The number of benzene rings is 11. The van der Waals surface area contributed by atoms with E-state index < -0.39 is 16.2 Å². The lowest BCUT2D eigenvalue weighted by molar-refractivity contribution is 0.225. The van der Waals surface area contributed by atoms with Crippen LogP contribution in [0.1, 0.15) is 55.5 Å². The van der Waals surface area contributed by atoms with E-state index in [-0.39, 0.29) is 0 Å². The van der Waals surface area contributed by atoms with E-state index in [9.17, 15) is 11.8 Å². The Morgan fingerprint density at radius 3 is 1.00 bits per heavy atom. The van der Waals surface area contributed by atoms with E-state index in [1.54, 1.807) is 0 Å². The van der Waals surface area contributed by atoms with Gasteiger partial charge in [-0.2, -0.15) is 5.26 Å². The first-order chi connectivity index (χ1) is 39.7. The molecule has 0 fully saturated rings. The molecule has 0 saturated carbocycles. The first-order valence-corrected chi connectivity index (χ1v) is 27.9. The fourth-order valence-electron chi connectivity index (χ4n) is 16.0. The molecule has 4 aromatic heterocycles. The van der Waals surface area contributed by atoms with Gasteiger partial charge >= 0.3 is 0 Å². The zero-order chi connectivity index (χ0) is 54.5. The monoisotopic (exact) mass is 1040 g/mol. The molecule has 11 aromatic carbocycles. The normalized spacial score (nSPS) is 14.4. The van der Waals surface area contributed by atoms with Crippen LogP contribution in [0, 0.1) is 17.9 Å². The highest BCUT2D eigenvalue weighted by atomic mass is 15.1. The summed E-state index contributed by atoms with van der Waals surface area (Å²) in [5, 5.41) is 21.4. The third-order valence-electron chi connectivity index (χ3n) is 18.6. The van der Waals surface area contributed by atoms with Gasteiger partial charge < -0.3 is 18.3 Å². The van der Waals surface area contributed by atoms with Crippen molar-refractivity contribution in [1.29, 1.82) is 5.26 Å². The van der Waals surface area contributed by atoms with Crippen molar-refractivity contribution in [2.45, 2.75) is 43.9 Å². The lowest BCUT2D eigenvalue weighted by Crippen LogP contribution is -2.52. The number of hydrogen-bond donors (Lipinski definition) is 0. The van der Waals surface area contributed by atoms with Crippen molar-refractivity contribution in [2.24, 2.45) is 0 Å². The van der Waals surface area contributed by atoms with Crippen LogP contribution in [0.5, 0.6) is 0 Å². The Balaban J connectivity index is 1.12. The van der Waals surface area contributed by atoms with Crippen molar-refractivity contribution < 1.29 is 0 Å². The summed E-state index contributed by atoms with van der Waals surface area (Å²) in [6.07, 6.45) is 0. The van der Waals surface area contributed by atoms with Crippen LogP contribution < -0.4 is 0 Å². The molecule has 81 heavy (non-hydrogen) atoms. The fourth-order valence-corrected chi connectivity index (χ4v) is 16.0. The molecule has 1 aliphatic carbocycles. The summed E-state index contributed by atoms with van der Waals surface area (Å²) in [5.74, 6) is 0. The summed E-state index contributed by atoms with van der Waals surface area (Å²) in [6.45, 7) is 19.3. The predicted octanol–water partition coefficient (Wildman–Crippen LogP) is 19.1. The van der Waals surface area contributed by atoms with Gasteiger partial charge in [-0.3, -0.25) is 0 Å². The topological polar surface area (TPSA) is 47.9 Å². The second-order valence-corrected chi connectivity index (χ2v) is 22.9. The zero-order valence-corrected chi connectivity index (χ0v) is 45.3. The molecule has 0 saturated heterocycles. The number of nitriles is 1. The van der Waals surface area contributed by atoms with Gasteiger partial charge in [-0.1, -0.05) is 198 Å². The van der Waals surface area contributed by atoms with Crippen molar-refractivity contribution in [3.63, 3.8) is 0 Å². The summed E-state index contributed by atoms with van der Waals surface area (Å²) in [4.78, 5) is 4.70. The van der Waals surface area contributed by atoms with Crippen molar-refractivity contribution in [3.8, 4) is 28.8 Å². The van der Waals surface area contributed by atoms with Gasteiger partial charge in [0.25, 0.3) is 0 Å². The van der Waals surface area contributed by atoms with E-state index in [0.717, 1.165) is 132 Å². The van der Waals surface area contributed by atoms with E-state index in [0.29, 0.717) is 11.3 Å². The number of aromatic nitrogens is 4. The van der Waals surface area contributed by atoms with Crippen molar-refractivity contribution in [2.75, 3.05) is 0 Å². The standard InChI is InChI=1S/C75H52N6/c1-73(2)68-69(74(3,4)75(73,47-26-10-6-11-27-47)48-28-12-7-13-29-48)72(81-59-41-25-21-37-54(59)67-63(81)45-43-61-65(67)52-35-19-23-39-57(52)79(61)50-32-16-9-17-33-50)70(77-5)55(46-76)71(68)80-58-40-24-20-36-53(58)66-62(80)44-42-60-64(66)51-34-18-22-38-56(51)78(60)49-30-14-8-15-31-49/h6-45H,1-4H3. The molecule has 16 rings (SSSR count). The zero-order valence-electron chi connectivity index (χ0n) is 45.3. The minimum atomic E-state index is -0.759. The summed E-state index contributed by atoms with van der Waals surface area (Å²) in [6, 6.07) is 89.9. The second kappa shape index (κ2) is 16.8. The number of nitrogens with zero attached hydrogens (tertiary/aromatic N) is 6. The minimum absolute atomic E-state index is 0.328. The van der Waals surface area contributed by atoms with E-state index in [4.69, 9.17) is 4.85 Å². The number of hydrogen-bond acceptors (Lipinski definition) is 1. The highest BCUT2D eigenvalue weighted by Crippen LogP contribution is 2.70. The molecule has 6 heteroatoms. The van der Waals surface area contributed by atoms with Gasteiger partial charge in [0.1, 0.15) is 0 Å². The molecule has 15 aromatic rings. The largest absolute Gasteiger partial charge is 0.319 e. The van der Waals surface area contributed by atoms with E-state index in [1.807, 2.05) is 0 Å². The Kier molecular flexibility index (Phi) is 9.68. The van der Waals surface area contributed by atoms with Gasteiger partial charge in [-0.05, 0) is 95.1 Å². The lowest BCUT2D eigenvalue weighted by Gasteiger charge is -2.51. The SMILES string of the molecule is [C-]#[N+]c1c(C#N)c(-n2c3ccccc3c3c4c5ccccc5n(-c5ccccc5)c4ccc32)c2c(c1-n1c3ccccc3c3c4c5ccccc5n(-c5ccccc5)c4ccc31)C(C)(C)C(c1ccccc1)(c1ccccc1)C2(C)C. The van der Waals surface area contributed by atoms with Gasteiger partial charge in [0.2, 0.25) is 5.69 Å². The molecular formula is C75H52N6. The molecule has 0 spiro atoms. The van der Waals surface area contributed by atoms with Crippen molar-refractivity contribution >= 4 is 92.9 Å².